The van der Waals surface area contributed by atoms with Gasteiger partial charge in [0.25, 0.3) is 0 Å². The molecule has 0 N–H and O–H groups in total. The van der Waals surface area contributed by atoms with Crippen molar-refractivity contribution in [2.45, 2.75) is 124 Å². The summed E-state index contributed by atoms with van der Waals surface area (Å²) in [5, 5.41) is 0. The molecule has 0 unspecified atom stereocenters. The van der Waals surface area contributed by atoms with Crippen LogP contribution in [0.1, 0.15) is 91.4 Å². The van der Waals surface area contributed by atoms with Gasteiger partial charge in [-0.15, -0.1) is 0 Å². The SMILES string of the molecule is CCC[CH2][Sn](/[CH]=C/CCCCCCO[Si](C)(C)C)([CH2]CCC)[CH2]CCC. The molecule has 0 radical (unpaired) electrons. The van der Waals surface area contributed by atoms with Crippen molar-refractivity contribution in [3.63, 3.8) is 0 Å². The second kappa shape index (κ2) is 16.7. The van der Waals surface area contributed by atoms with E-state index in [2.05, 4.69) is 50.6 Å². The molecule has 0 saturated heterocycles. The fourth-order valence-corrected chi connectivity index (χ4v) is 18.9. The quantitative estimate of drug-likeness (QED) is 0.138. The summed E-state index contributed by atoms with van der Waals surface area (Å²) in [6.07, 6.45) is 17.9. The van der Waals surface area contributed by atoms with E-state index in [-0.39, 0.29) is 0 Å². The van der Waals surface area contributed by atoms with E-state index < -0.39 is 26.7 Å². The first-order chi connectivity index (χ1) is 12.4. The molecule has 0 spiro atoms. The van der Waals surface area contributed by atoms with E-state index >= 15 is 0 Å². The normalized spacial score (nSPS) is 13.0. The van der Waals surface area contributed by atoms with Crippen LogP contribution in [-0.2, 0) is 4.43 Å². The Morgan fingerprint density at radius 3 is 1.65 bits per heavy atom. The number of allylic oxidation sites excluding steroid dienone is 1. The zero-order valence-corrected chi connectivity index (χ0v) is 23.0. The molecule has 0 aromatic rings. The Balaban J connectivity index is 4.24. The van der Waals surface area contributed by atoms with Gasteiger partial charge in [0.1, 0.15) is 0 Å². The van der Waals surface area contributed by atoms with E-state index in [4.69, 9.17) is 4.43 Å². The van der Waals surface area contributed by atoms with Crippen molar-refractivity contribution in [2.24, 2.45) is 0 Å². The van der Waals surface area contributed by atoms with Gasteiger partial charge in [-0.25, -0.2) is 0 Å². The molecular formula is C23H50OSiSn. The molecule has 0 amide bonds. The van der Waals surface area contributed by atoms with Gasteiger partial charge in [-0.05, 0) is 0 Å². The van der Waals surface area contributed by atoms with Crippen LogP contribution in [0.5, 0.6) is 0 Å². The van der Waals surface area contributed by atoms with Gasteiger partial charge in [0.15, 0.2) is 0 Å². The van der Waals surface area contributed by atoms with E-state index in [1.54, 1.807) is 13.3 Å². The van der Waals surface area contributed by atoms with E-state index in [1.165, 1.54) is 70.6 Å². The summed E-state index contributed by atoms with van der Waals surface area (Å²) >= 11 is -2.00. The molecule has 0 saturated carbocycles. The zero-order chi connectivity index (χ0) is 19.7. The van der Waals surface area contributed by atoms with Gasteiger partial charge >= 0.3 is 172 Å². The van der Waals surface area contributed by atoms with Crippen molar-refractivity contribution < 1.29 is 4.43 Å². The average Bonchev–Trinajstić information content (AvgIpc) is 2.60. The third kappa shape index (κ3) is 15.7. The predicted octanol–water partition coefficient (Wildman–Crippen LogP) is 8.73. The maximum atomic E-state index is 5.95. The van der Waals surface area contributed by atoms with Crippen LogP contribution >= 0.6 is 0 Å². The average molecular weight is 489 g/mol. The van der Waals surface area contributed by atoms with Crippen molar-refractivity contribution in [3.8, 4) is 0 Å². The first-order valence-electron chi connectivity index (χ1n) is 11.7. The topological polar surface area (TPSA) is 9.23 Å². The number of hydrogen-bond acceptors (Lipinski definition) is 1. The van der Waals surface area contributed by atoms with Crippen molar-refractivity contribution in [2.75, 3.05) is 6.61 Å². The van der Waals surface area contributed by atoms with Crippen molar-refractivity contribution >= 4 is 26.7 Å². The molecule has 1 nitrogen and oxygen atoms in total. The van der Waals surface area contributed by atoms with Gasteiger partial charge in [0.2, 0.25) is 0 Å². The van der Waals surface area contributed by atoms with Crippen LogP contribution in [0.15, 0.2) is 10.2 Å². The van der Waals surface area contributed by atoms with Gasteiger partial charge in [0, 0.05) is 0 Å². The molecule has 156 valence electrons. The molecule has 0 aromatic heterocycles. The van der Waals surface area contributed by atoms with Gasteiger partial charge < -0.3 is 0 Å². The van der Waals surface area contributed by atoms with Gasteiger partial charge in [-0.1, -0.05) is 0 Å². The van der Waals surface area contributed by atoms with Crippen LogP contribution in [0.3, 0.4) is 0 Å². The van der Waals surface area contributed by atoms with Gasteiger partial charge in [-0.3, -0.25) is 0 Å². The number of unbranched alkanes of at least 4 members (excludes halogenated alkanes) is 7. The van der Waals surface area contributed by atoms with Crippen molar-refractivity contribution in [1.29, 1.82) is 0 Å². The zero-order valence-electron chi connectivity index (χ0n) is 19.2. The molecule has 0 bridgehead atoms. The van der Waals surface area contributed by atoms with E-state index in [0.717, 1.165) is 6.61 Å². The monoisotopic (exact) mass is 490 g/mol. The first-order valence-corrected chi connectivity index (χ1v) is 22.8. The predicted molar refractivity (Wildman–Crippen MR) is 126 cm³/mol. The minimum atomic E-state index is -2.00. The van der Waals surface area contributed by atoms with Crippen molar-refractivity contribution in [1.82, 2.24) is 0 Å². The summed E-state index contributed by atoms with van der Waals surface area (Å²) in [6, 6.07) is 0. The third-order valence-electron chi connectivity index (χ3n) is 5.36. The Hall–Kier alpha value is 0.716. The number of hydrogen-bond donors (Lipinski definition) is 0. The third-order valence-corrected chi connectivity index (χ3v) is 20.7. The van der Waals surface area contributed by atoms with Crippen molar-refractivity contribution in [3.05, 3.63) is 10.2 Å². The van der Waals surface area contributed by atoms with E-state index in [0.29, 0.717) is 0 Å². The summed E-state index contributed by atoms with van der Waals surface area (Å²) in [4.78, 5) is 0. The van der Waals surface area contributed by atoms with Crippen LogP contribution in [-0.4, -0.2) is 33.3 Å². The van der Waals surface area contributed by atoms with Crippen LogP contribution in [0, 0.1) is 0 Å². The molecule has 0 aliphatic rings. The Morgan fingerprint density at radius 2 is 1.19 bits per heavy atom. The molecule has 26 heavy (non-hydrogen) atoms. The Labute approximate surface area is 171 Å². The first kappa shape index (κ1) is 26.7. The molecule has 0 aromatic carbocycles. The van der Waals surface area contributed by atoms with Gasteiger partial charge in [-0.2, -0.15) is 0 Å². The van der Waals surface area contributed by atoms with Crippen LogP contribution in [0.4, 0.5) is 0 Å². The molecule has 0 heterocycles. The Morgan fingerprint density at radius 1 is 0.692 bits per heavy atom. The van der Waals surface area contributed by atoms with Gasteiger partial charge in [0.05, 0.1) is 0 Å². The van der Waals surface area contributed by atoms with E-state index in [1.807, 2.05) is 0 Å². The number of rotatable bonds is 18. The molecule has 0 aliphatic carbocycles. The second-order valence-corrected chi connectivity index (χ2v) is 26.8. The molecular weight excluding hydrogens is 439 g/mol. The van der Waals surface area contributed by atoms with Crippen LogP contribution in [0.2, 0.25) is 33.0 Å². The summed E-state index contributed by atoms with van der Waals surface area (Å²) in [5.41, 5.74) is 0. The molecule has 0 fully saturated rings. The van der Waals surface area contributed by atoms with Crippen LogP contribution < -0.4 is 0 Å². The molecule has 0 rings (SSSR count). The molecule has 0 atom stereocenters. The maximum absolute atomic E-state index is 5.95. The standard InChI is InChI=1S/C11H23OSi.3C4H9.Sn/c1-5-6-7-8-9-10-11-12-13(2,3)4;3*1-3-4-2;/h1,5H,6-11H2,2-4H3;3*1,3-4H2,2H3;. The summed E-state index contributed by atoms with van der Waals surface area (Å²) in [5.74, 6) is 0. The Bertz CT molecular complexity index is 314. The summed E-state index contributed by atoms with van der Waals surface area (Å²) in [6.45, 7) is 14.9. The van der Waals surface area contributed by atoms with Crippen LogP contribution in [0.25, 0.3) is 0 Å². The summed E-state index contributed by atoms with van der Waals surface area (Å²) < 4.78 is 13.6. The Kier molecular flexibility index (Phi) is 17.1. The second-order valence-electron chi connectivity index (χ2n) is 9.24. The fourth-order valence-electron chi connectivity index (χ4n) is 3.64. The molecule has 3 heteroatoms. The summed E-state index contributed by atoms with van der Waals surface area (Å²) in [7, 11) is -1.30. The fraction of sp³-hybridized carbons (Fsp3) is 0.913. The molecule has 0 aliphatic heterocycles. The van der Waals surface area contributed by atoms with E-state index in [9.17, 15) is 0 Å². The minimum absolute atomic E-state index is 0.982.